The number of hydrogen-bond donors (Lipinski definition) is 2. The number of oxazole rings is 1. The van der Waals surface area contributed by atoms with Crippen molar-refractivity contribution < 1.29 is 22.7 Å². The molecular formula is C27H30F3N5O2Si. The van der Waals surface area contributed by atoms with Crippen LogP contribution in [0.2, 0.25) is 12.1 Å². The largest absolute Gasteiger partial charge is 0.435 e. The van der Waals surface area contributed by atoms with Crippen LogP contribution in [0.1, 0.15) is 37.3 Å². The Morgan fingerprint density at radius 3 is 2.66 bits per heavy atom. The number of benzene rings is 2. The van der Waals surface area contributed by atoms with Crippen LogP contribution in [0.4, 0.5) is 13.2 Å². The highest BCUT2D eigenvalue weighted by atomic mass is 28.3. The zero-order valence-corrected chi connectivity index (χ0v) is 22.3. The molecule has 0 unspecified atom stereocenters. The molecule has 2 aliphatic rings. The highest BCUT2D eigenvalue weighted by molar-refractivity contribution is 7.03. The van der Waals surface area contributed by atoms with Crippen molar-refractivity contribution >= 4 is 29.8 Å². The first kappa shape index (κ1) is 25.3. The summed E-state index contributed by atoms with van der Waals surface area (Å²) in [5.74, 6) is 0.747. The van der Waals surface area contributed by atoms with Crippen molar-refractivity contribution in [1.82, 2.24) is 25.1 Å². The van der Waals surface area contributed by atoms with Crippen molar-refractivity contribution in [2.75, 3.05) is 0 Å². The van der Waals surface area contributed by atoms with E-state index in [2.05, 4.69) is 33.5 Å². The summed E-state index contributed by atoms with van der Waals surface area (Å²) in [6, 6.07) is 12.6. The summed E-state index contributed by atoms with van der Waals surface area (Å²) >= 11 is 0. The van der Waals surface area contributed by atoms with Gasteiger partial charge in [0.15, 0.2) is 13.7 Å². The highest BCUT2D eigenvalue weighted by Crippen LogP contribution is 2.39. The van der Waals surface area contributed by atoms with Crippen LogP contribution in [-0.4, -0.2) is 45.1 Å². The average molecular weight is 542 g/mol. The van der Waals surface area contributed by atoms with Gasteiger partial charge in [-0.15, -0.1) is 10.2 Å². The van der Waals surface area contributed by atoms with Gasteiger partial charge in [0.1, 0.15) is 22.9 Å². The van der Waals surface area contributed by atoms with E-state index in [1.54, 1.807) is 12.4 Å². The summed E-state index contributed by atoms with van der Waals surface area (Å²) in [5.41, 5.74) is 1.17. The molecule has 1 saturated heterocycles. The van der Waals surface area contributed by atoms with Crippen molar-refractivity contribution in [3.63, 3.8) is 0 Å². The number of aryl methyl sites for hydroxylation is 1. The maximum absolute atomic E-state index is 14.1. The molecule has 7 nitrogen and oxygen atoms in total. The third-order valence-electron chi connectivity index (χ3n) is 8.10. The van der Waals surface area contributed by atoms with Gasteiger partial charge < -0.3 is 19.4 Å². The molecular weight excluding hydrogens is 511 g/mol. The van der Waals surface area contributed by atoms with Crippen LogP contribution in [0, 0.1) is 5.92 Å². The summed E-state index contributed by atoms with van der Waals surface area (Å²) in [4.78, 5) is 4.51. The van der Waals surface area contributed by atoms with Gasteiger partial charge in [0.05, 0.1) is 6.10 Å². The van der Waals surface area contributed by atoms with E-state index in [9.17, 15) is 18.3 Å². The first-order valence-electron chi connectivity index (χ1n) is 13.0. The second-order valence-corrected chi connectivity index (χ2v) is 14.9. The molecule has 2 atom stereocenters. The van der Waals surface area contributed by atoms with E-state index in [0.717, 1.165) is 41.6 Å². The third-order valence-corrected chi connectivity index (χ3v) is 13.6. The minimum atomic E-state index is -4.59. The number of aromatic nitrogens is 4. The van der Waals surface area contributed by atoms with Gasteiger partial charge in [-0.05, 0) is 72.3 Å². The number of aliphatic hydroxyl groups excluding tert-OH is 1. The Bertz CT molecular complexity index is 1480. The van der Waals surface area contributed by atoms with Gasteiger partial charge in [-0.25, -0.2) is 4.98 Å². The van der Waals surface area contributed by atoms with E-state index >= 15 is 0 Å². The van der Waals surface area contributed by atoms with Gasteiger partial charge in [-0.1, -0.05) is 19.1 Å². The summed E-state index contributed by atoms with van der Waals surface area (Å²) in [6.45, 7) is 2.44. The SMILES string of the molecule is Cn1cnnc1[Si@]1(c2cccc(-c3nc4cc(CN[C@@H]5CCC[C@@H]5O)cc(C(F)(F)F)c4o3)c2)C[C@H](C)C1. The topological polar surface area (TPSA) is 89.0 Å². The van der Waals surface area contributed by atoms with Gasteiger partial charge in [0, 0.05) is 25.2 Å². The van der Waals surface area contributed by atoms with Gasteiger partial charge in [0.25, 0.3) is 0 Å². The minimum absolute atomic E-state index is 0.115. The van der Waals surface area contributed by atoms with Gasteiger partial charge in [-0.3, -0.25) is 0 Å². The lowest BCUT2D eigenvalue weighted by atomic mass is 10.1. The molecule has 1 saturated carbocycles. The van der Waals surface area contributed by atoms with E-state index < -0.39 is 25.9 Å². The number of alkyl halides is 3. The Hall–Kier alpha value is -3.02. The molecule has 6 rings (SSSR count). The van der Waals surface area contributed by atoms with E-state index in [0.29, 0.717) is 23.5 Å². The predicted molar refractivity (Wildman–Crippen MR) is 140 cm³/mol. The summed E-state index contributed by atoms with van der Waals surface area (Å²) < 4.78 is 50.0. The molecule has 2 N–H and O–H groups in total. The summed E-state index contributed by atoms with van der Waals surface area (Å²) in [5, 5.41) is 23.0. The minimum Gasteiger partial charge on any atom is -0.435 e. The lowest BCUT2D eigenvalue weighted by Crippen LogP contribution is -2.68. The van der Waals surface area contributed by atoms with E-state index in [-0.39, 0.29) is 29.6 Å². The van der Waals surface area contributed by atoms with E-state index in [1.165, 1.54) is 0 Å². The smallest absolute Gasteiger partial charge is 0.420 e. The number of fused-ring (bicyclic) bond motifs is 1. The lowest BCUT2D eigenvalue weighted by Gasteiger charge is -2.43. The molecule has 11 heteroatoms. The molecule has 1 aliphatic heterocycles. The Kier molecular flexibility index (Phi) is 6.19. The molecule has 0 spiro atoms. The van der Waals surface area contributed by atoms with Crippen molar-refractivity contribution in [3.05, 3.63) is 53.9 Å². The van der Waals surface area contributed by atoms with Crippen LogP contribution in [0.3, 0.4) is 0 Å². The third kappa shape index (κ3) is 4.36. The van der Waals surface area contributed by atoms with Gasteiger partial charge in [-0.2, -0.15) is 13.2 Å². The van der Waals surface area contributed by atoms with Crippen LogP contribution in [0.5, 0.6) is 0 Å². The fraction of sp³-hybridized carbons (Fsp3) is 0.444. The van der Waals surface area contributed by atoms with Crippen molar-refractivity contribution in [2.45, 2.75) is 63.1 Å². The molecule has 3 heterocycles. The summed E-state index contributed by atoms with van der Waals surface area (Å²) in [6.07, 6.45) is -0.940. The maximum Gasteiger partial charge on any atom is 0.420 e. The number of rotatable bonds is 6. The Labute approximate surface area is 219 Å². The average Bonchev–Trinajstić information content (AvgIpc) is 3.59. The standard InChI is InChI=1S/C27H30F3N5O2Si/c1-16-13-38(14-16,26-34-32-15-35(26)2)19-6-3-5-18(11-19)25-33-22-10-17(12-31-21-7-4-8-23(21)36)9-20(24(22)37-25)27(28,29)30/h3,5-6,9-11,15-16,21,23,31,36H,4,7-8,12-14H2,1-2H3/t16-,21-,23+,38+/m1/s1. The molecule has 0 radical (unpaired) electrons. The number of aliphatic hydroxyl groups is 1. The van der Waals surface area contributed by atoms with Crippen LogP contribution in [0.25, 0.3) is 22.6 Å². The second kappa shape index (κ2) is 9.32. The quantitative estimate of drug-likeness (QED) is 0.361. The molecule has 2 aromatic carbocycles. The van der Waals surface area contributed by atoms with Gasteiger partial charge in [0.2, 0.25) is 5.89 Å². The first-order valence-corrected chi connectivity index (χ1v) is 15.4. The first-order chi connectivity index (χ1) is 18.1. The molecule has 2 fully saturated rings. The molecule has 200 valence electrons. The molecule has 0 bridgehead atoms. The normalized spacial score (nSPS) is 25.7. The van der Waals surface area contributed by atoms with Crippen LogP contribution >= 0.6 is 0 Å². The number of nitrogens with one attached hydrogen (secondary N) is 1. The van der Waals surface area contributed by atoms with E-state index in [4.69, 9.17) is 4.42 Å². The molecule has 38 heavy (non-hydrogen) atoms. The van der Waals surface area contributed by atoms with Crippen molar-refractivity contribution in [2.24, 2.45) is 13.0 Å². The highest BCUT2D eigenvalue weighted by Gasteiger charge is 2.51. The van der Waals surface area contributed by atoms with Crippen LogP contribution in [0.15, 0.2) is 47.1 Å². The van der Waals surface area contributed by atoms with Gasteiger partial charge >= 0.3 is 6.18 Å². The Balaban J connectivity index is 1.37. The summed E-state index contributed by atoms with van der Waals surface area (Å²) in [7, 11) is -0.167. The molecule has 1 aliphatic carbocycles. The number of hydrogen-bond acceptors (Lipinski definition) is 6. The molecule has 0 amide bonds. The van der Waals surface area contributed by atoms with Crippen LogP contribution < -0.4 is 16.0 Å². The zero-order chi connectivity index (χ0) is 26.7. The van der Waals surface area contributed by atoms with Crippen molar-refractivity contribution in [3.8, 4) is 11.5 Å². The monoisotopic (exact) mass is 541 g/mol. The molecule has 4 aromatic rings. The number of nitrogens with zero attached hydrogens (tertiary/aromatic N) is 4. The fourth-order valence-electron chi connectivity index (χ4n) is 6.30. The second-order valence-electron chi connectivity index (χ2n) is 10.9. The van der Waals surface area contributed by atoms with Crippen molar-refractivity contribution in [1.29, 1.82) is 0 Å². The maximum atomic E-state index is 14.1. The predicted octanol–water partition coefficient (Wildman–Crippen LogP) is 3.86. The number of halogens is 3. The fourth-order valence-corrected chi connectivity index (χ4v) is 11.5. The zero-order valence-electron chi connectivity index (χ0n) is 21.3. The molecule has 2 aromatic heterocycles. The van der Waals surface area contributed by atoms with Crippen LogP contribution in [-0.2, 0) is 19.8 Å². The lowest BCUT2D eigenvalue weighted by molar-refractivity contribution is -0.136. The Morgan fingerprint density at radius 2 is 2.00 bits per heavy atom. The Morgan fingerprint density at radius 1 is 1.18 bits per heavy atom. The van der Waals surface area contributed by atoms with E-state index in [1.807, 2.05) is 29.8 Å².